The Morgan fingerprint density at radius 1 is 1.04 bits per heavy atom. The zero-order valence-corrected chi connectivity index (χ0v) is 40.3. The Bertz CT molecular complexity index is 2800. The second kappa shape index (κ2) is 19.6. The van der Waals surface area contributed by atoms with Crippen molar-refractivity contribution in [3.63, 3.8) is 0 Å². The van der Waals surface area contributed by atoms with Gasteiger partial charge in [0.1, 0.15) is 27.9 Å². The molecule has 2 saturated heterocycles. The van der Waals surface area contributed by atoms with Crippen molar-refractivity contribution in [2.75, 3.05) is 62.6 Å². The van der Waals surface area contributed by atoms with Gasteiger partial charge in [-0.3, -0.25) is 24.7 Å². The number of aromatic amines is 1. The molecule has 368 valence electrons. The minimum Gasteiger partial charge on any atom is -0.455 e. The molecule has 69 heavy (non-hydrogen) atoms. The van der Waals surface area contributed by atoms with Crippen LogP contribution in [0, 0.1) is 27.3 Å². The number of nitro groups is 1. The highest BCUT2D eigenvalue weighted by atomic mass is 32.2. The summed E-state index contributed by atoms with van der Waals surface area (Å²) in [6, 6.07) is 16.9. The smallest absolute Gasteiger partial charge is 0.312 e. The predicted octanol–water partition coefficient (Wildman–Crippen LogP) is 7.46. The number of hydrogen-bond acceptors (Lipinski definition) is 14. The molecule has 2 aromatic carbocycles. The van der Waals surface area contributed by atoms with Crippen LogP contribution in [0.15, 0.2) is 78.1 Å². The van der Waals surface area contributed by atoms with Gasteiger partial charge in [0.2, 0.25) is 5.82 Å². The van der Waals surface area contributed by atoms with Gasteiger partial charge in [0, 0.05) is 88.5 Å². The lowest BCUT2D eigenvalue weighted by molar-refractivity contribution is -0.384. The standard InChI is InChI=1S/C50H63FN10O7S/c1-32(2)38-6-4-5-7-39(38)44-31-58(19-16-52)20-21-60(44)35-25-50(26-35)14-17-59(18-15-50)34-8-9-40(45(22-34)68-36-23-41-42(51)30-56-46(41)54-28-36)48(62)57-69(66,67)37-24-43(61(64)65)47(55-29-37)53-27-33-10-12-49(3,63)13-11-33/h4-9,22-24,28-30,32-33,35,44,63H,10-21,25-27,31,52H2,1-3H3,(H,53,55)(H,54,56)(H,57,62)/t33?,44-,49?/m0/s1. The number of halogens is 1. The van der Waals surface area contributed by atoms with E-state index in [-0.39, 0.29) is 39.6 Å². The van der Waals surface area contributed by atoms with Gasteiger partial charge in [-0.15, -0.1) is 0 Å². The largest absolute Gasteiger partial charge is 0.455 e. The van der Waals surface area contributed by atoms with Gasteiger partial charge < -0.3 is 30.8 Å². The number of nitrogens with zero attached hydrogens (tertiary/aromatic N) is 6. The summed E-state index contributed by atoms with van der Waals surface area (Å²) >= 11 is 0. The molecule has 5 heterocycles. The minimum absolute atomic E-state index is 0.00988. The highest BCUT2D eigenvalue weighted by Crippen LogP contribution is 2.53. The number of nitrogens with one attached hydrogen (secondary N) is 3. The molecule has 6 N–H and O–H groups in total. The van der Waals surface area contributed by atoms with E-state index in [9.17, 15) is 32.8 Å². The first-order valence-corrected chi connectivity index (χ1v) is 25.6. The molecule has 2 saturated carbocycles. The maximum absolute atomic E-state index is 14.7. The van der Waals surface area contributed by atoms with Gasteiger partial charge in [0.25, 0.3) is 15.9 Å². The lowest BCUT2D eigenvalue weighted by Crippen LogP contribution is -2.60. The zero-order chi connectivity index (χ0) is 48.7. The monoisotopic (exact) mass is 966 g/mol. The fourth-order valence-electron chi connectivity index (χ4n) is 11.1. The van der Waals surface area contributed by atoms with Crippen LogP contribution < -0.4 is 25.4 Å². The van der Waals surface area contributed by atoms with Gasteiger partial charge in [-0.05, 0) is 105 Å². The van der Waals surface area contributed by atoms with E-state index in [0.29, 0.717) is 49.6 Å². The number of anilines is 2. The second-order valence-electron chi connectivity index (χ2n) is 20.2. The number of benzene rings is 2. The Morgan fingerprint density at radius 2 is 1.80 bits per heavy atom. The van der Waals surface area contributed by atoms with Crippen LogP contribution in [0.4, 0.5) is 21.6 Å². The van der Waals surface area contributed by atoms with Gasteiger partial charge in [-0.1, -0.05) is 38.1 Å². The average Bonchev–Trinajstić information content (AvgIpc) is 3.69. The van der Waals surface area contributed by atoms with Crippen LogP contribution >= 0.6 is 0 Å². The van der Waals surface area contributed by atoms with Crippen LogP contribution in [0.2, 0.25) is 0 Å². The van der Waals surface area contributed by atoms with E-state index in [1.165, 1.54) is 35.7 Å². The number of piperidine rings is 1. The molecule has 5 aromatic rings. The van der Waals surface area contributed by atoms with Crippen LogP contribution in [-0.4, -0.2) is 113 Å². The second-order valence-corrected chi connectivity index (χ2v) is 21.9. The first-order valence-electron chi connectivity index (χ1n) is 24.1. The topological polar surface area (TPSA) is 225 Å². The van der Waals surface area contributed by atoms with Crippen LogP contribution in [0.3, 0.4) is 0 Å². The van der Waals surface area contributed by atoms with E-state index < -0.39 is 42.9 Å². The molecule has 1 amide bonds. The maximum atomic E-state index is 14.7. The average molecular weight is 967 g/mol. The summed E-state index contributed by atoms with van der Waals surface area (Å²) in [4.78, 5) is 43.5. The van der Waals surface area contributed by atoms with Crippen LogP contribution in [0.1, 0.15) is 106 Å². The molecule has 1 spiro atoms. The molecule has 19 heteroatoms. The van der Waals surface area contributed by atoms with Crippen molar-refractivity contribution in [3.05, 3.63) is 106 Å². The number of piperazine rings is 1. The van der Waals surface area contributed by atoms with E-state index in [4.69, 9.17) is 10.5 Å². The number of H-pyrrole nitrogens is 1. The number of rotatable bonds is 15. The van der Waals surface area contributed by atoms with Crippen LogP contribution in [0.5, 0.6) is 11.5 Å². The van der Waals surface area contributed by atoms with E-state index in [1.807, 2.05) is 0 Å². The summed E-state index contributed by atoms with van der Waals surface area (Å²) in [5.74, 6) is -1.00. The van der Waals surface area contributed by atoms with Gasteiger partial charge in [-0.2, -0.15) is 0 Å². The Morgan fingerprint density at radius 3 is 2.52 bits per heavy atom. The molecule has 17 nitrogen and oxygen atoms in total. The number of carbonyl (C=O) groups is 1. The predicted molar refractivity (Wildman–Crippen MR) is 262 cm³/mol. The molecule has 0 radical (unpaired) electrons. The van der Waals surface area contributed by atoms with Crippen molar-refractivity contribution in [2.45, 2.75) is 101 Å². The molecule has 9 rings (SSSR count). The molecule has 4 fully saturated rings. The number of sulfonamides is 1. The first-order chi connectivity index (χ1) is 33.0. The number of carbonyl (C=O) groups excluding carboxylic acids is 1. The Hall–Kier alpha value is -5.73. The molecular formula is C50H63FN10O7S. The van der Waals surface area contributed by atoms with Gasteiger partial charge >= 0.3 is 5.69 Å². The highest BCUT2D eigenvalue weighted by molar-refractivity contribution is 7.90. The molecule has 0 unspecified atom stereocenters. The molecular weight excluding hydrogens is 904 g/mol. The molecule has 2 aliphatic carbocycles. The molecule has 3 aromatic heterocycles. The number of ether oxygens (including phenoxy) is 1. The van der Waals surface area contributed by atoms with Gasteiger partial charge in [0.05, 0.1) is 33.9 Å². The van der Waals surface area contributed by atoms with Gasteiger partial charge in [0.15, 0.2) is 0 Å². The number of hydrogen-bond donors (Lipinski definition) is 5. The van der Waals surface area contributed by atoms with Crippen molar-refractivity contribution in [3.8, 4) is 11.5 Å². The lowest BCUT2D eigenvalue weighted by Gasteiger charge is -2.58. The van der Waals surface area contributed by atoms with Crippen LogP contribution in [0.25, 0.3) is 11.0 Å². The number of nitrogens with two attached hydrogens (primary N) is 1. The Kier molecular flexibility index (Phi) is 13.7. The van der Waals surface area contributed by atoms with Crippen LogP contribution in [-0.2, 0) is 10.0 Å². The molecule has 4 aliphatic rings. The maximum Gasteiger partial charge on any atom is 0.312 e. The quantitative estimate of drug-likeness (QED) is 0.0508. The fraction of sp³-hybridized carbons (Fsp3) is 0.500. The van der Waals surface area contributed by atoms with E-state index >= 15 is 0 Å². The fourth-order valence-corrected chi connectivity index (χ4v) is 12.0. The van der Waals surface area contributed by atoms with Gasteiger partial charge in [-0.25, -0.2) is 27.5 Å². The Labute approximate surface area is 402 Å². The van der Waals surface area contributed by atoms with Crippen molar-refractivity contribution in [2.24, 2.45) is 17.1 Å². The molecule has 2 aliphatic heterocycles. The summed E-state index contributed by atoms with van der Waals surface area (Å²) < 4.78 is 50.5. The molecule has 1 atom stereocenters. The third kappa shape index (κ3) is 10.4. The number of amides is 1. The van der Waals surface area contributed by atoms with Crippen molar-refractivity contribution >= 4 is 44.2 Å². The summed E-state index contributed by atoms with van der Waals surface area (Å²) in [6.07, 6.45) is 10.4. The molecule has 0 bridgehead atoms. The summed E-state index contributed by atoms with van der Waals surface area (Å²) in [6.45, 7) is 12.7. The third-order valence-electron chi connectivity index (χ3n) is 15.1. The van der Waals surface area contributed by atoms with Crippen molar-refractivity contribution in [1.82, 2.24) is 29.5 Å². The summed E-state index contributed by atoms with van der Waals surface area (Å²) in [7, 11) is -4.69. The van der Waals surface area contributed by atoms with E-state index in [1.54, 1.807) is 19.1 Å². The van der Waals surface area contributed by atoms with Crippen molar-refractivity contribution < 1.29 is 32.4 Å². The minimum atomic E-state index is -4.69. The first kappa shape index (κ1) is 48.3. The number of aromatic nitrogens is 3. The summed E-state index contributed by atoms with van der Waals surface area (Å²) in [5.41, 5.74) is 8.66. The normalized spacial score (nSPS) is 22.4. The lowest BCUT2D eigenvalue weighted by atomic mass is 9.59. The summed E-state index contributed by atoms with van der Waals surface area (Å²) in [5, 5.41) is 25.6. The third-order valence-corrected chi connectivity index (χ3v) is 16.4. The van der Waals surface area contributed by atoms with E-state index in [0.717, 1.165) is 95.7 Å². The van der Waals surface area contributed by atoms with E-state index in [2.05, 4.69) is 77.8 Å². The zero-order valence-electron chi connectivity index (χ0n) is 39.5. The SMILES string of the molecule is CC(C)c1ccccc1[C@@H]1CN(CCN)CCN1C1CC2(CCN(c3ccc(C(=O)NS(=O)(=O)c4cnc(NCC5CCC(C)(O)CC5)c([N+](=O)[O-])c4)c(Oc4cnc5[nH]cc(F)c5c4)c3)CC2)C1. The highest BCUT2D eigenvalue weighted by Gasteiger charge is 2.50. The number of pyridine rings is 2. The number of aliphatic hydroxyl groups is 1. The number of fused-ring (bicyclic) bond motifs is 1. The Balaban J connectivity index is 0.907. The van der Waals surface area contributed by atoms with Crippen molar-refractivity contribution in [1.29, 1.82) is 0 Å².